The molecule has 3 nitrogen and oxygen atoms in total. The van der Waals surface area contributed by atoms with Crippen LogP contribution in [0.1, 0.15) is 19.8 Å². The zero-order valence-corrected chi connectivity index (χ0v) is 9.21. The van der Waals surface area contributed by atoms with Gasteiger partial charge in [0.1, 0.15) is 0 Å². The summed E-state index contributed by atoms with van der Waals surface area (Å²) >= 11 is 0. The molecule has 1 heterocycles. The third-order valence-electron chi connectivity index (χ3n) is 2.66. The van der Waals surface area contributed by atoms with Gasteiger partial charge in [-0.05, 0) is 30.9 Å². The standard InChI is InChI=1S/C11H21N3/c1-10-4-3-5-14(8-10)9-11(6-12)7-13-2/h6-7,10,12-13H,3-5,8-9H2,1-2H3/b11-7+,12-6?. The van der Waals surface area contributed by atoms with Crippen LogP contribution in [-0.2, 0) is 0 Å². The quantitative estimate of drug-likeness (QED) is 0.667. The molecule has 1 fully saturated rings. The van der Waals surface area contributed by atoms with E-state index in [0.29, 0.717) is 0 Å². The van der Waals surface area contributed by atoms with E-state index < -0.39 is 0 Å². The van der Waals surface area contributed by atoms with Gasteiger partial charge < -0.3 is 10.7 Å². The molecule has 1 rings (SSSR count). The molecule has 14 heavy (non-hydrogen) atoms. The first-order chi connectivity index (χ1) is 6.76. The van der Waals surface area contributed by atoms with Crippen molar-refractivity contribution in [3.63, 3.8) is 0 Å². The summed E-state index contributed by atoms with van der Waals surface area (Å²) in [6.45, 7) is 5.57. The first-order valence-electron chi connectivity index (χ1n) is 5.35. The van der Waals surface area contributed by atoms with Gasteiger partial charge in [-0.1, -0.05) is 6.92 Å². The largest absolute Gasteiger partial charge is 0.394 e. The second kappa shape index (κ2) is 5.81. The molecule has 0 aromatic rings. The highest BCUT2D eigenvalue weighted by Gasteiger charge is 2.16. The second-order valence-electron chi connectivity index (χ2n) is 4.13. The molecule has 3 heteroatoms. The van der Waals surface area contributed by atoms with Gasteiger partial charge in [-0.25, -0.2) is 0 Å². The first kappa shape index (κ1) is 11.2. The Morgan fingerprint density at radius 3 is 3.00 bits per heavy atom. The molecule has 0 bridgehead atoms. The zero-order chi connectivity index (χ0) is 10.4. The Morgan fingerprint density at radius 2 is 2.43 bits per heavy atom. The molecule has 2 N–H and O–H groups in total. The molecular weight excluding hydrogens is 174 g/mol. The van der Waals surface area contributed by atoms with Crippen LogP contribution in [0.5, 0.6) is 0 Å². The Hall–Kier alpha value is -0.830. The van der Waals surface area contributed by atoms with Crippen LogP contribution in [0.15, 0.2) is 11.8 Å². The fourth-order valence-corrected chi connectivity index (χ4v) is 2.01. The maximum Gasteiger partial charge on any atom is 0.0263 e. The smallest absolute Gasteiger partial charge is 0.0263 e. The lowest BCUT2D eigenvalue weighted by Gasteiger charge is -2.30. The summed E-state index contributed by atoms with van der Waals surface area (Å²) in [6.07, 6.45) is 6.00. The minimum atomic E-state index is 0.810. The van der Waals surface area contributed by atoms with Crippen molar-refractivity contribution in [3.05, 3.63) is 11.8 Å². The molecule has 0 aliphatic carbocycles. The average molecular weight is 195 g/mol. The topological polar surface area (TPSA) is 39.1 Å². The van der Waals surface area contributed by atoms with Crippen LogP contribution in [-0.4, -0.2) is 37.8 Å². The van der Waals surface area contributed by atoms with Crippen LogP contribution in [0.2, 0.25) is 0 Å². The monoisotopic (exact) mass is 195 g/mol. The van der Waals surface area contributed by atoms with Crippen LogP contribution in [0.3, 0.4) is 0 Å². The number of rotatable bonds is 4. The van der Waals surface area contributed by atoms with Crippen molar-refractivity contribution in [1.82, 2.24) is 10.2 Å². The van der Waals surface area contributed by atoms with E-state index in [4.69, 9.17) is 5.41 Å². The van der Waals surface area contributed by atoms with E-state index >= 15 is 0 Å². The molecule has 0 amide bonds. The van der Waals surface area contributed by atoms with Gasteiger partial charge in [-0.15, -0.1) is 0 Å². The van der Waals surface area contributed by atoms with Crippen LogP contribution in [0.4, 0.5) is 0 Å². The minimum absolute atomic E-state index is 0.810. The normalized spacial score (nSPS) is 24.7. The highest BCUT2D eigenvalue weighted by molar-refractivity contribution is 5.76. The molecule has 1 unspecified atom stereocenters. The fraction of sp³-hybridized carbons (Fsp3) is 0.727. The molecule has 1 aliphatic heterocycles. The van der Waals surface area contributed by atoms with Crippen LogP contribution in [0.25, 0.3) is 0 Å². The Morgan fingerprint density at radius 1 is 1.64 bits per heavy atom. The van der Waals surface area contributed by atoms with E-state index in [1.165, 1.54) is 32.1 Å². The van der Waals surface area contributed by atoms with E-state index in [-0.39, 0.29) is 0 Å². The zero-order valence-electron chi connectivity index (χ0n) is 9.21. The lowest BCUT2D eigenvalue weighted by molar-refractivity contribution is 0.199. The molecule has 0 spiro atoms. The van der Waals surface area contributed by atoms with Crippen LogP contribution in [0, 0.1) is 11.3 Å². The summed E-state index contributed by atoms with van der Waals surface area (Å²) in [5, 5.41) is 10.3. The van der Waals surface area contributed by atoms with E-state index in [1.54, 1.807) is 0 Å². The first-order valence-corrected chi connectivity index (χ1v) is 5.35. The van der Waals surface area contributed by atoms with Crippen molar-refractivity contribution < 1.29 is 0 Å². The highest BCUT2D eigenvalue weighted by atomic mass is 15.1. The molecule has 1 saturated heterocycles. The Bertz CT molecular complexity index is 211. The highest BCUT2D eigenvalue weighted by Crippen LogP contribution is 2.15. The molecule has 80 valence electrons. The van der Waals surface area contributed by atoms with E-state index in [9.17, 15) is 0 Å². The van der Waals surface area contributed by atoms with Crippen molar-refractivity contribution in [1.29, 1.82) is 5.41 Å². The summed E-state index contributed by atoms with van der Waals surface area (Å²) in [5.41, 5.74) is 1.06. The lowest BCUT2D eigenvalue weighted by atomic mass is 10.00. The molecule has 0 saturated carbocycles. The number of hydrogen-bond donors (Lipinski definition) is 2. The molecular formula is C11H21N3. The van der Waals surface area contributed by atoms with Gasteiger partial charge >= 0.3 is 0 Å². The van der Waals surface area contributed by atoms with Gasteiger partial charge in [0.2, 0.25) is 0 Å². The van der Waals surface area contributed by atoms with E-state index in [0.717, 1.165) is 18.0 Å². The summed E-state index contributed by atoms with van der Waals surface area (Å²) < 4.78 is 0. The Balaban J connectivity index is 2.41. The van der Waals surface area contributed by atoms with Gasteiger partial charge in [0.15, 0.2) is 0 Å². The second-order valence-corrected chi connectivity index (χ2v) is 4.13. The maximum atomic E-state index is 7.27. The van der Waals surface area contributed by atoms with Crippen molar-refractivity contribution in [2.75, 3.05) is 26.7 Å². The minimum Gasteiger partial charge on any atom is -0.394 e. The molecule has 1 aliphatic rings. The van der Waals surface area contributed by atoms with Crippen LogP contribution >= 0.6 is 0 Å². The van der Waals surface area contributed by atoms with Gasteiger partial charge in [-0.3, -0.25) is 4.90 Å². The van der Waals surface area contributed by atoms with E-state index in [1.807, 2.05) is 13.2 Å². The Kier molecular flexibility index (Phi) is 4.66. The summed E-state index contributed by atoms with van der Waals surface area (Å²) in [4.78, 5) is 2.43. The van der Waals surface area contributed by atoms with Gasteiger partial charge in [-0.2, -0.15) is 0 Å². The summed E-state index contributed by atoms with van der Waals surface area (Å²) in [6, 6.07) is 0. The fourth-order valence-electron chi connectivity index (χ4n) is 2.01. The predicted octanol–water partition coefficient (Wildman–Crippen LogP) is 1.47. The molecule has 0 aromatic heterocycles. The molecule has 1 atom stereocenters. The van der Waals surface area contributed by atoms with Gasteiger partial charge in [0, 0.05) is 32.6 Å². The third-order valence-corrected chi connectivity index (χ3v) is 2.66. The number of piperidine rings is 1. The number of nitrogens with zero attached hydrogens (tertiary/aromatic N) is 1. The van der Waals surface area contributed by atoms with Crippen molar-refractivity contribution in [2.45, 2.75) is 19.8 Å². The van der Waals surface area contributed by atoms with Gasteiger partial charge in [0.25, 0.3) is 0 Å². The lowest BCUT2D eigenvalue weighted by Crippen LogP contribution is -2.36. The number of hydrogen-bond acceptors (Lipinski definition) is 3. The van der Waals surface area contributed by atoms with Crippen molar-refractivity contribution in [3.8, 4) is 0 Å². The van der Waals surface area contributed by atoms with Crippen molar-refractivity contribution >= 4 is 6.21 Å². The Labute approximate surface area is 86.7 Å². The SMILES string of the molecule is CN/C=C(\C=N)CN1CCCC(C)C1. The summed E-state index contributed by atoms with van der Waals surface area (Å²) in [7, 11) is 1.88. The maximum absolute atomic E-state index is 7.27. The van der Waals surface area contributed by atoms with Crippen molar-refractivity contribution in [2.24, 2.45) is 5.92 Å². The third kappa shape index (κ3) is 3.50. The number of nitrogens with one attached hydrogen (secondary N) is 2. The van der Waals surface area contributed by atoms with Gasteiger partial charge in [0.05, 0.1) is 0 Å². The number of likely N-dealkylation sites (tertiary alicyclic amines) is 1. The van der Waals surface area contributed by atoms with Crippen LogP contribution < -0.4 is 5.32 Å². The molecule has 0 aromatic carbocycles. The predicted molar refractivity (Wildman–Crippen MR) is 60.8 cm³/mol. The molecule has 0 radical (unpaired) electrons. The summed E-state index contributed by atoms with van der Waals surface area (Å²) in [5.74, 6) is 0.810. The van der Waals surface area contributed by atoms with E-state index in [2.05, 4.69) is 17.1 Å². The average Bonchev–Trinajstić information content (AvgIpc) is 2.17.